The van der Waals surface area contributed by atoms with E-state index in [1.807, 2.05) is 37.3 Å². The van der Waals surface area contributed by atoms with Gasteiger partial charge < -0.3 is 15.0 Å². The average molecular weight is 491 g/mol. The Kier molecular flexibility index (Phi) is 8.56. The standard InChI is InChI=1S/C29H38N4O3/c1-20(2)15-16-32(28(35)22-12-10-13-23(17-22)36-7)19-27(34)30-26-18-25(29(4,5)6)31-33(26)24-14-9-8-11-21(24)3/h8-14,17-18,20H,15-16,19H2,1-7H3,(H,30,34). The third-order valence-corrected chi connectivity index (χ3v) is 6.00. The fourth-order valence-electron chi connectivity index (χ4n) is 3.78. The topological polar surface area (TPSA) is 76.5 Å². The summed E-state index contributed by atoms with van der Waals surface area (Å²) in [7, 11) is 1.57. The molecule has 3 aromatic rings. The van der Waals surface area contributed by atoms with E-state index in [0.29, 0.717) is 29.6 Å². The number of amides is 2. The van der Waals surface area contributed by atoms with Crippen molar-refractivity contribution in [3.63, 3.8) is 0 Å². The molecule has 192 valence electrons. The van der Waals surface area contributed by atoms with Crippen LogP contribution in [0.5, 0.6) is 5.75 Å². The maximum absolute atomic E-state index is 13.4. The van der Waals surface area contributed by atoms with Gasteiger partial charge in [-0.15, -0.1) is 0 Å². The number of hydrogen-bond donors (Lipinski definition) is 1. The summed E-state index contributed by atoms with van der Waals surface area (Å²) < 4.78 is 7.05. The minimum atomic E-state index is -0.273. The zero-order chi connectivity index (χ0) is 26.5. The monoisotopic (exact) mass is 490 g/mol. The summed E-state index contributed by atoms with van der Waals surface area (Å²) in [6, 6.07) is 16.8. The number of aromatic nitrogens is 2. The summed E-state index contributed by atoms with van der Waals surface area (Å²) in [6.07, 6.45) is 0.790. The first-order valence-corrected chi connectivity index (χ1v) is 12.4. The first kappa shape index (κ1) is 27.0. The van der Waals surface area contributed by atoms with Crippen molar-refractivity contribution in [1.82, 2.24) is 14.7 Å². The normalized spacial score (nSPS) is 11.4. The van der Waals surface area contributed by atoms with Crippen molar-refractivity contribution in [2.75, 3.05) is 25.5 Å². The van der Waals surface area contributed by atoms with Gasteiger partial charge in [-0.1, -0.05) is 58.9 Å². The van der Waals surface area contributed by atoms with Gasteiger partial charge in [-0.2, -0.15) is 5.10 Å². The van der Waals surface area contributed by atoms with Crippen molar-refractivity contribution in [3.8, 4) is 11.4 Å². The number of aryl methyl sites for hydroxylation is 1. The number of rotatable bonds is 9. The minimum absolute atomic E-state index is 0.0629. The zero-order valence-electron chi connectivity index (χ0n) is 22.5. The Bertz CT molecular complexity index is 1210. The molecule has 0 saturated heterocycles. The van der Waals surface area contributed by atoms with Gasteiger partial charge in [0, 0.05) is 23.6 Å². The molecule has 0 atom stereocenters. The highest BCUT2D eigenvalue weighted by molar-refractivity contribution is 5.99. The van der Waals surface area contributed by atoms with Gasteiger partial charge in [-0.05, 0) is 49.1 Å². The number of anilines is 1. The minimum Gasteiger partial charge on any atom is -0.497 e. The maximum atomic E-state index is 13.4. The van der Waals surface area contributed by atoms with Crippen LogP contribution in [0.4, 0.5) is 5.82 Å². The molecule has 0 spiro atoms. The molecule has 0 fully saturated rings. The molecule has 1 aromatic heterocycles. The fourth-order valence-corrected chi connectivity index (χ4v) is 3.78. The lowest BCUT2D eigenvalue weighted by molar-refractivity contribution is -0.117. The Labute approximate surface area is 214 Å². The zero-order valence-corrected chi connectivity index (χ0v) is 22.5. The summed E-state index contributed by atoms with van der Waals surface area (Å²) in [6.45, 7) is 12.9. The van der Waals surface area contributed by atoms with Gasteiger partial charge >= 0.3 is 0 Å². The first-order valence-electron chi connectivity index (χ1n) is 12.4. The lowest BCUT2D eigenvalue weighted by Gasteiger charge is -2.23. The summed E-state index contributed by atoms with van der Waals surface area (Å²) in [5.41, 5.74) is 3.10. The molecule has 36 heavy (non-hydrogen) atoms. The van der Waals surface area contributed by atoms with Crippen molar-refractivity contribution in [2.45, 2.75) is 53.4 Å². The van der Waals surface area contributed by atoms with Gasteiger partial charge in [0.25, 0.3) is 5.91 Å². The van der Waals surface area contributed by atoms with Crippen molar-refractivity contribution >= 4 is 17.6 Å². The molecule has 1 N–H and O–H groups in total. The van der Waals surface area contributed by atoms with Crippen LogP contribution in [-0.4, -0.2) is 46.7 Å². The Morgan fingerprint density at radius 1 is 1.08 bits per heavy atom. The van der Waals surface area contributed by atoms with E-state index in [4.69, 9.17) is 9.84 Å². The number of carbonyl (C=O) groups excluding carboxylic acids is 2. The van der Waals surface area contributed by atoms with Crippen molar-refractivity contribution in [3.05, 3.63) is 71.4 Å². The second-order valence-electron chi connectivity index (χ2n) is 10.6. The summed E-state index contributed by atoms with van der Waals surface area (Å²) >= 11 is 0. The van der Waals surface area contributed by atoms with E-state index in [1.165, 1.54) is 0 Å². The number of ether oxygens (including phenoxy) is 1. The molecule has 0 aliphatic heterocycles. The van der Waals surface area contributed by atoms with Crippen LogP contribution < -0.4 is 10.1 Å². The van der Waals surface area contributed by atoms with Gasteiger partial charge in [0.2, 0.25) is 5.91 Å². The molecule has 1 heterocycles. The van der Waals surface area contributed by atoms with E-state index in [1.54, 1.807) is 41.0 Å². The van der Waals surface area contributed by atoms with Crippen LogP contribution in [0.3, 0.4) is 0 Å². The van der Waals surface area contributed by atoms with E-state index in [-0.39, 0.29) is 23.8 Å². The van der Waals surface area contributed by atoms with Crippen LogP contribution in [-0.2, 0) is 10.2 Å². The third-order valence-electron chi connectivity index (χ3n) is 6.00. The molecule has 3 rings (SSSR count). The molecule has 7 nitrogen and oxygen atoms in total. The van der Waals surface area contributed by atoms with Crippen LogP contribution in [0.1, 0.15) is 62.7 Å². The lowest BCUT2D eigenvalue weighted by atomic mass is 9.92. The summed E-state index contributed by atoms with van der Waals surface area (Å²) in [5, 5.41) is 7.83. The second-order valence-corrected chi connectivity index (χ2v) is 10.6. The second kappa shape index (κ2) is 11.4. The number of para-hydroxylation sites is 1. The molecule has 7 heteroatoms. The molecular weight excluding hydrogens is 452 g/mol. The molecule has 2 amide bonds. The average Bonchev–Trinajstić information content (AvgIpc) is 3.25. The maximum Gasteiger partial charge on any atom is 0.254 e. The van der Waals surface area contributed by atoms with E-state index >= 15 is 0 Å². The smallest absolute Gasteiger partial charge is 0.254 e. The van der Waals surface area contributed by atoms with Crippen LogP contribution >= 0.6 is 0 Å². The first-order chi connectivity index (χ1) is 17.0. The Morgan fingerprint density at radius 3 is 2.44 bits per heavy atom. The number of benzene rings is 2. The molecule has 0 aliphatic rings. The number of hydrogen-bond acceptors (Lipinski definition) is 4. The predicted octanol–water partition coefficient (Wildman–Crippen LogP) is 5.61. The van der Waals surface area contributed by atoms with Gasteiger partial charge in [-0.25, -0.2) is 4.68 Å². The van der Waals surface area contributed by atoms with Gasteiger partial charge in [0.05, 0.1) is 18.5 Å². The van der Waals surface area contributed by atoms with E-state index < -0.39 is 0 Å². The van der Waals surface area contributed by atoms with Gasteiger partial charge in [0.1, 0.15) is 18.1 Å². The van der Waals surface area contributed by atoms with Crippen LogP contribution in [0.15, 0.2) is 54.6 Å². The quantitative estimate of drug-likeness (QED) is 0.423. The number of nitrogens with one attached hydrogen (secondary N) is 1. The van der Waals surface area contributed by atoms with Crippen molar-refractivity contribution in [2.24, 2.45) is 5.92 Å². The highest BCUT2D eigenvalue weighted by Crippen LogP contribution is 2.27. The number of methoxy groups -OCH3 is 1. The Morgan fingerprint density at radius 2 is 1.81 bits per heavy atom. The third kappa shape index (κ3) is 6.74. The fraction of sp³-hybridized carbons (Fsp3) is 0.414. The van der Waals surface area contributed by atoms with Crippen molar-refractivity contribution < 1.29 is 14.3 Å². The Balaban J connectivity index is 1.88. The van der Waals surface area contributed by atoms with Gasteiger partial charge in [-0.3, -0.25) is 9.59 Å². The number of carbonyl (C=O) groups is 2. The van der Waals surface area contributed by atoms with Crippen molar-refractivity contribution in [1.29, 1.82) is 0 Å². The highest BCUT2D eigenvalue weighted by Gasteiger charge is 2.24. The molecule has 0 radical (unpaired) electrons. The molecular formula is C29H38N4O3. The lowest BCUT2D eigenvalue weighted by Crippen LogP contribution is -2.39. The van der Waals surface area contributed by atoms with E-state index in [9.17, 15) is 9.59 Å². The van der Waals surface area contributed by atoms with Gasteiger partial charge in [0.15, 0.2) is 0 Å². The largest absolute Gasteiger partial charge is 0.497 e. The summed E-state index contributed by atoms with van der Waals surface area (Å²) in [4.78, 5) is 28.2. The molecule has 0 unspecified atom stereocenters. The molecule has 0 saturated carbocycles. The van der Waals surface area contributed by atoms with E-state index in [0.717, 1.165) is 23.4 Å². The van der Waals surface area contributed by atoms with Crippen LogP contribution in [0, 0.1) is 12.8 Å². The number of nitrogens with zero attached hydrogens (tertiary/aromatic N) is 3. The van der Waals surface area contributed by atoms with Crippen LogP contribution in [0.2, 0.25) is 0 Å². The Hall–Kier alpha value is -3.61. The molecule has 2 aromatic carbocycles. The molecule has 0 bridgehead atoms. The predicted molar refractivity (Wildman–Crippen MR) is 144 cm³/mol. The SMILES string of the molecule is COc1cccc(C(=O)N(CCC(C)C)CC(=O)Nc2cc(C(C)(C)C)nn2-c2ccccc2C)c1. The molecule has 0 aliphatic carbocycles. The van der Waals surface area contributed by atoms with Crippen LogP contribution in [0.25, 0.3) is 5.69 Å². The highest BCUT2D eigenvalue weighted by atomic mass is 16.5. The van der Waals surface area contributed by atoms with E-state index in [2.05, 4.69) is 39.9 Å². The summed E-state index contributed by atoms with van der Waals surface area (Å²) in [5.74, 6) is 1.10.